The predicted molar refractivity (Wildman–Crippen MR) is 90.1 cm³/mol. The SMILES string of the molecule is Cc1cc([N+](=O)[O-])cc(C=CCCNC(=O)OC(C)(C)C)c1N. The maximum Gasteiger partial charge on any atom is 0.407 e. The number of carbonyl (C=O) groups excluding carboxylic acids is 1. The molecule has 0 unspecified atom stereocenters. The minimum atomic E-state index is -0.533. The van der Waals surface area contributed by atoms with Crippen LogP contribution in [-0.2, 0) is 4.74 Å². The second kappa shape index (κ2) is 7.62. The smallest absolute Gasteiger partial charge is 0.407 e. The zero-order chi connectivity index (χ0) is 17.6. The monoisotopic (exact) mass is 321 g/mol. The van der Waals surface area contributed by atoms with Gasteiger partial charge in [0.05, 0.1) is 4.92 Å². The van der Waals surface area contributed by atoms with Gasteiger partial charge in [-0.1, -0.05) is 12.2 Å². The number of nitro groups is 1. The average Bonchev–Trinajstić information content (AvgIpc) is 2.40. The fourth-order valence-corrected chi connectivity index (χ4v) is 1.83. The molecular formula is C16H23N3O4. The van der Waals surface area contributed by atoms with Crippen LogP contribution in [0.3, 0.4) is 0 Å². The molecule has 1 amide bonds. The number of nitrogens with two attached hydrogens (primary N) is 1. The van der Waals surface area contributed by atoms with Gasteiger partial charge < -0.3 is 15.8 Å². The molecule has 126 valence electrons. The Morgan fingerprint density at radius 2 is 2.09 bits per heavy atom. The van der Waals surface area contributed by atoms with E-state index in [4.69, 9.17) is 10.5 Å². The van der Waals surface area contributed by atoms with Crippen LogP contribution in [-0.4, -0.2) is 23.2 Å². The number of nitrogen functional groups attached to an aromatic ring is 1. The van der Waals surface area contributed by atoms with Crippen LogP contribution < -0.4 is 11.1 Å². The zero-order valence-electron chi connectivity index (χ0n) is 13.9. The summed E-state index contributed by atoms with van der Waals surface area (Å²) >= 11 is 0. The summed E-state index contributed by atoms with van der Waals surface area (Å²) in [5, 5.41) is 13.5. The maximum atomic E-state index is 11.5. The first-order valence-electron chi connectivity index (χ1n) is 7.28. The summed E-state index contributed by atoms with van der Waals surface area (Å²) in [7, 11) is 0. The fourth-order valence-electron chi connectivity index (χ4n) is 1.83. The van der Waals surface area contributed by atoms with Gasteiger partial charge in [-0.2, -0.15) is 0 Å². The molecule has 3 N–H and O–H groups in total. The van der Waals surface area contributed by atoms with Crippen LogP contribution in [0.2, 0.25) is 0 Å². The number of alkyl carbamates (subject to hydrolysis) is 1. The maximum absolute atomic E-state index is 11.5. The lowest BCUT2D eigenvalue weighted by Crippen LogP contribution is -2.32. The number of hydrogen-bond donors (Lipinski definition) is 2. The Labute approximate surface area is 135 Å². The normalized spacial score (nSPS) is 11.5. The molecule has 0 aromatic heterocycles. The number of nitro benzene ring substituents is 1. The van der Waals surface area contributed by atoms with Crippen LogP contribution in [0, 0.1) is 17.0 Å². The van der Waals surface area contributed by atoms with Gasteiger partial charge in [-0.25, -0.2) is 4.79 Å². The van der Waals surface area contributed by atoms with Crippen molar-refractivity contribution in [1.82, 2.24) is 5.32 Å². The molecule has 0 radical (unpaired) electrons. The van der Waals surface area contributed by atoms with E-state index in [0.717, 1.165) is 0 Å². The van der Waals surface area contributed by atoms with Gasteiger partial charge in [-0.15, -0.1) is 0 Å². The van der Waals surface area contributed by atoms with E-state index in [9.17, 15) is 14.9 Å². The molecule has 0 spiro atoms. The molecule has 7 nitrogen and oxygen atoms in total. The van der Waals surface area contributed by atoms with Crippen LogP contribution in [0.25, 0.3) is 6.08 Å². The molecule has 0 bridgehead atoms. The second-order valence-electron chi connectivity index (χ2n) is 6.14. The van der Waals surface area contributed by atoms with E-state index in [1.54, 1.807) is 39.8 Å². The van der Waals surface area contributed by atoms with E-state index in [1.165, 1.54) is 12.1 Å². The molecule has 0 aliphatic rings. The van der Waals surface area contributed by atoms with Gasteiger partial charge in [-0.05, 0) is 39.7 Å². The van der Waals surface area contributed by atoms with Crippen molar-refractivity contribution >= 4 is 23.5 Å². The Kier molecular flexibility index (Phi) is 6.12. The van der Waals surface area contributed by atoms with E-state index in [0.29, 0.717) is 29.8 Å². The molecule has 23 heavy (non-hydrogen) atoms. The van der Waals surface area contributed by atoms with Crippen LogP contribution in [0.5, 0.6) is 0 Å². The van der Waals surface area contributed by atoms with Crippen molar-refractivity contribution in [3.8, 4) is 0 Å². The Bertz CT molecular complexity index is 618. The number of amides is 1. The highest BCUT2D eigenvalue weighted by atomic mass is 16.6. The summed E-state index contributed by atoms with van der Waals surface area (Å²) in [6.07, 6.45) is 3.59. The predicted octanol–water partition coefficient (Wildman–Crippen LogP) is 3.41. The Morgan fingerprint density at radius 3 is 2.65 bits per heavy atom. The number of carbonyl (C=O) groups is 1. The molecule has 0 fully saturated rings. The molecule has 1 aromatic carbocycles. The Morgan fingerprint density at radius 1 is 1.43 bits per heavy atom. The largest absolute Gasteiger partial charge is 0.444 e. The molecule has 1 rings (SSSR count). The highest BCUT2D eigenvalue weighted by molar-refractivity contribution is 5.70. The van der Waals surface area contributed by atoms with E-state index >= 15 is 0 Å². The standard InChI is InChI=1S/C16H23N3O4/c1-11-9-13(19(21)22)10-12(14(11)17)7-5-6-8-18-15(20)23-16(2,3)4/h5,7,9-10H,6,8,17H2,1-4H3,(H,18,20). The first kappa shape index (κ1) is 18.5. The third-order valence-corrected chi connectivity index (χ3v) is 2.89. The van der Waals surface area contributed by atoms with Gasteiger partial charge in [0.15, 0.2) is 0 Å². The number of ether oxygens (including phenoxy) is 1. The van der Waals surface area contributed by atoms with Crippen molar-refractivity contribution < 1.29 is 14.5 Å². The Balaban J connectivity index is 2.59. The molecule has 0 atom stereocenters. The van der Waals surface area contributed by atoms with Crippen LogP contribution >= 0.6 is 0 Å². The van der Waals surface area contributed by atoms with Gasteiger partial charge in [0.1, 0.15) is 5.60 Å². The molecule has 0 heterocycles. The minimum Gasteiger partial charge on any atom is -0.444 e. The van der Waals surface area contributed by atoms with Crippen molar-refractivity contribution in [2.24, 2.45) is 0 Å². The summed E-state index contributed by atoms with van der Waals surface area (Å²) in [4.78, 5) is 21.9. The van der Waals surface area contributed by atoms with Gasteiger partial charge in [-0.3, -0.25) is 10.1 Å². The lowest BCUT2D eigenvalue weighted by Gasteiger charge is -2.19. The van der Waals surface area contributed by atoms with Crippen molar-refractivity contribution in [3.63, 3.8) is 0 Å². The summed E-state index contributed by atoms with van der Waals surface area (Å²) in [5.41, 5.74) is 7.15. The summed E-state index contributed by atoms with van der Waals surface area (Å²) in [6, 6.07) is 2.87. The summed E-state index contributed by atoms with van der Waals surface area (Å²) in [5.74, 6) is 0. The van der Waals surface area contributed by atoms with Crippen molar-refractivity contribution in [2.45, 2.75) is 39.7 Å². The summed E-state index contributed by atoms with van der Waals surface area (Å²) in [6.45, 7) is 7.50. The van der Waals surface area contributed by atoms with E-state index in [1.807, 2.05) is 0 Å². The van der Waals surface area contributed by atoms with Crippen molar-refractivity contribution in [2.75, 3.05) is 12.3 Å². The van der Waals surface area contributed by atoms with Crippen LogP contribution in [0.1, 0.15) is 38.3 Å². The lowest BCUT2D eigenvalue weighted by atomic mass is 10.1. The third kappa shape index (κ3) is 6.37. The molecule has 1 aromatic rings. The molecule has 0 aliphatic heterocycles. The number of benzene rings is 1. The first-order valence-corrected chi connectivity index (χ1v) is 7.28. The van der Waals surface area contributed by atoms with Crippen molar-refractivity contribution in [3.05, 3.63) is 39.4 Å². The summed E-state index contributed by atoms with van der Waals surface area (Å²) < 4.78 is 5.11. The van der Waals surface area contributed by atoms with Gasteiger partial charge in [0, 0.05) is 29.9 Å². The van der Waals surface area contributed by atoms with Crippen molar-refractivity contribution in [1.29, 1.82) is 0 Å². The van der Waals surface area contributed by atoms with Gasteiger partial charge >= 0.3 is 6.09 Å². The highest BCUT2D eigenvalue weighted by Gasteiger charge is 2.15. The molecule has 7 heteroatoms. The van der Waals surface area contributed by atoms with Crippen LogP contribution in [0.4, 0.5) is 16.2 Å². The highest BCUT2D eigenvalue weighted by Crippen LogP contribution is 2.25. The third-order valence-electron chi connectivity index (χ3n) is 2.89. The second-order valence-corrected chi connectivity index (χ2v) is 6.14. The minimum absolute atomic E-state index is 0.00299. The first-order chi connectivity index (χ1) is 10.6. The molecule has 0 aliphatic carbocycles. The average molecular weight is 321 g/mol. The lowest BCUT2D eigenvalue weighted by molar-refractivity contribution is -0.384. The number of aryl methyl sites for hydroxylation is 1. The number of rotatable bonds is 5. The topological polar surface area (TPSA) is 107 Å². The number of hydrogen-bond acceptors (Lipinski definition) is 5. The van der Waals surface area contributed by atoms with Crippen LogP contribution in [0.15, 0.2) is 18.2 Å². The molecule has 0 saturated carbocycles. The van der Waals surface area contributed by atoms with E-state index in [-0.39, 0.29) is 5.69 Å². The van der Waals surface area contributed by atoms with Gasteiger partial charge in [0.2, 0.25) is 0 Å². The number of nitrogens with one attached hydrogen (secondary N) is 1. The van der Waals surface area contributed by atoms with Gasteiger partial charge in [0.25, 0.3) is 5.69 Å². The number of non-ortho nitro benzene ring substituents is 1. The molecule has 0 saturated heterocycles. The number of nitrogens with zero attached hydrogens (tertiary/aromatic N) is 1. The van der Waals surface area contributed by atoms with E-state index in [2.05, 4.69) is 5.32 Å². The fraction of sp³-hybridized carbons (Fsp3) is 0.438. The zero-order valence-corrected chi connectivity index (χ0v) is 13.9. The molecular weight excluding hydrogens is 298 g/mol. The quantitative estimate of drug-likeness (QED) is 0.374. The Hall–Kier alpha value is -2.57. The number of anilines is 1. The van der Waals surface area contributed by atoms with E-state index < -0.39 is 16.6 Å².